The summed E-state index contributed by atoms with van der Waals surface area (Å²) in [6.07, 6.45) is 1.43. The summed E-state index contributed by atoms with van der Waals surface area (Å²) in [6.45, 7) is 0.0450. The summed E-state index contributed by atoms with van der Waals surface area (Å²) < 4.78 is 6.92. The highest BCUT2D eigenvalue weighted by Crippen LogP contribution is 2.32. The minimum absolute atomic E-state index is 0.0450. The van der Waals surface area contributed by atoms with Gasteiger partial charge in [-0.05, 0) is 51.6 Å². The van der Waals surface area contributed by atoms with Gasteiger partial charge in [0.1, 0.15) is 0 Å². The third-order valence-corrected chi connectivity index (χ3v) is 5.91. The zero-order valence-electron chi connectivity index (χ0n) is 17.8. The molecule has 4 aromatic carbocycles. The molecule has 0 saturated carbocycles. The molecule has 0 aliphatic heterocycles. The van der Waals surface area contributed by atoms with Crippen LogP contribution in [0.2, 0.25) is 0 Å². The lowest BCUT2D eigenvalue weighted by atomic mass is 10.1. The molecule has 4 rings (SSSR count). The number of hydrazone groups is 1. The van der Waals surface area contributed by atoms with E-state index in [2.05, 4.69) is 47.7 Å². The average Bonchev–Trinajstić information content (AvgIpc) is 2.85. The number of anilines is 1. The Morgan fingerprint density at radius 2 is 1.65 bits per heavy atom. The number of hydrogen-bond donors (Lipinski definition) is 2. The van der Waals surface area contributed by atoms with Gasteiger partial charge in [-0.25, -0.2) is 10.2 Å². The van der Waals surface area contributed by atoms with Crippen molar-refractivity contribution in [2.75, 3.05) is 11.9 Å². The van der Waals surface area contributed by atoms with Crippen LogP contribution in [0.25, 0.3) is 10.8 Å². The van der Waals surface area contributed by atoms with Crippen molar-refractivity contribution in [1.82, 2.24) is 5.43 Å². The Bertz CT molecular complexity index is 1370. The number of carbonyl (C=O) groups is 2. The van der Waals surface area contributed by atoms with Crippen molar-refractivity contribution < 1.29 is 14.3 Å². The van der Waals surface area contributed by atoms with E-state index in [1.807, 2.05) is 48.5 Å². The van der Waals surface area contributed by atoms with Gasteiger partial charge < -0.3 is 10.1 Å². The van der Waals surface area contributed by atoms with Gasteiger partial charge in [-0.2, -0.15) is 5.10 Å². The van der Waals surface area contributed by atoms with Crippen molar-refractivity contribution in [3.63, 3.8) is 0 Å². The molecule has 0 aliphatic carbocycles. The molecule has 4 aromatic rings. The normalized spacial score (nSPS) is 10.9. The number of nitrogens with zero attached hydrogens (tertiary/aromatic N) is 1. The van der Waals surface area contributed by atoms with E-state index in [4.69, 9.17) is 4.74 Å². The van der Waals surface area contributed by atoms with Crippen LogP contribution >= 0.6 is 31.9 Å². The van der Waals surface area contributed by atoms with Crippen molar-refractivity contribution >= 4 is 66.4 Å². The highest BCUT2D eigenvalue weighted by Gasteiger charge is 2.15. The number of amides is 1. The Balaban J connectivity index is 1.42. The van der Waals surface area contributed by atoms with E-state index in [1.165, 1.54) is 6.21 Å². The molecule has 8 heteroatoms. The zero-order chi connectivity index (χ0) is 23.9. The largest absolute Gasteiger partial charge is 0.421 e. The molecule has 2 N–H and O–H groups in total. The molecule has 1 amide bonds. The Kier molecular flexibility index (Phi) is 7.72. The average molecular weight is 581 g/mol. The molecule has 0 spiro atoms. The van der Waals surface area contributed by atoms with E-state index in [0.717, 1.165) is 20.9 Å². The van der Waals surface area contributed by atoms with Gasteiger partial charge >= 0.3 is 5.97 Å². The van der Waals surface area contributed by atoms with Gasteiger partial charge in [-0.15, -0.1) is 0 Å². The topological polar surface area (TPSA) is 79.8 Å². The maximum absolute atomic E-state index is 12.5. The second-order valence-electron chi connectivity index (χ2n) is 7.23. The van der Waals surface area contributed by atoms with Gasteiger partial charge in [0, 0.05) is 21.1 Å². The summed E-state index contributed by atoms with van der Waals surface area (Å²) in [5.74, 6) is -0.522. The van der Waals surface area contributed by atoms with Crippen molar-refractivity contribution in [3.05, 3.63) is 105 Å². The Morgan fingerprint density at radius 1 is 0.912 bits per heavy atom. The number of carbonyl (C=O) groups excluding carboxylic acids is 2. The molecule has 0 heterocycles. The number of rotatable bonds is 7. The molecule has 0 atom stereocenters. The zero-order valence-corrected chi connectivity index (χ0v) is 21.0. The van der Waals surface area contributed by atoms with Gasteiger partial charge in [0.2, 0.25) is 0 Å². The summed E-state index contributed by atoms with van der Waals surface area (Å²) in [4.78, 5) is 24.9. The fourth-order valence-corrected chi connectivity index (χ4v) is 4.62. The maximum Gasteiger partial charge on any atom is 0.343 e. The number of fused-ring (bicyclic) bond motifs is 1. The van der Waals surface area contributed by atoms with E-state index in [1.54, 1.807) is 36.4 Å². The van der Waals surface area contributed by atoms with E-state index in [9.17, 15) is 9.59 Å². The minimum atomic E-state index is -0.499. The maximum atomic E-state index is 12.5. The lowest BCUT2D eigenvalue weighted by molar-refractivity contribution is -0.119. The van der Waals surface area contributed by atoms with E-state index < -0.39 is 5.97 Å². The van der Waals surface area contributed by atoms with Crippen LogP contribution in [0, 0.1) is 0 Å². The number of benzene rings is 4. The highest BCUT2D eigenvalue weighted by atomic mass is 79.9. The van der Waals surface area contributed by atoms with E-state index >= 15 is 0 Å². The number of halogens is 2. The molecule has 0 unspecified atom stereocenters. The van der Waals surface area contributed by atoms with Gasteiger partial charge in [0.05, 0.1) is 22.8 Å². The smallest absolute Gasteiger partial charge is 0.343 e. The van der Waals surface area contributed by atoms with Gasteiger partial charge in [-0.1, -0.05) is 70.5 Å². The monoisotopic (exact) mass is 579 g/mol. The third-order valence-electron chi connectivity index (χ3n) is 4.86. The predicted octanol–water partition coefficient (Wildman–Crippen LogP) is 6.15. The molecular formula is C26H19Br2N3O3. The van der Waals surface area contributed by atoms with Gasteiger partial charge in [-0.3, -0.25) is 4.79 Å². The van der Waals surface area contributed by atoms with Crippen molar-refractivity contribution in [3.8, 4) is 5.75 Å². The van der Waals surface area contributed by atoms with Crippen LogP contribution in [0.5, 0.6) is 5.75 Å². The first-order valence-electron chi connectivity index (χ1n) is 10.3. The fourth-order valence-electron chi connectivity index (χ4n) is 3.28. The van der Waals surface area contributed by atoms with Crippen LogP contribution < -0.4 is 15.5 Å². The summed E-state index contributed by atoms with van der Waals surface area (Å²) >= 11 is 6.84. The van der Waals surface area contributed by atoms with Gasteiger partial charge in [0.15, 0.2) is 5.75 Å². The SMILES string of the molecule is O=C(CNc1cccc2ccccc12)NN=Cc1cc(Br)cc(Br)c1OC(=O)c1ccccc1. The van der Waals surface area contributed by atoms with Crippen molar-refractivity contribution in [2.45, 2.75) is 0 Å². The lowest BCUT2D eigenvalue weighted by Crippen LogP contribution is -2.26. The molecular weight excluding hydrogens is 562 g/mol. The quantitative estimate of drug-likeness (QED) is 0.119. The molecule has 34 heavy (non-hydrogen) atoms. The van der Waals surface area contributed by atoms with Crippen LogP contribution in [-0.4, -0.2) is 24.6 Å². The molecule has 0 aliphatic rings. The Morgan fingerprint density at radius 3 is 2.47 bits per heavy atom. The Labute approximate surface area is 213 Å². The molecule has 0 saturated heterocycles. The number of nitrogens with one attached hydrogen (secondary N) is 2. The molecule has 0 radical (unpaired) electrons. The van der Waals surface area contributed by atoms with Crippen LogP contribution in [0.3, 0.4) is 0 Å². The second kappa shape index (κ2) is 11.1. The van der Waals surface area contributed by atoms with Crippen molar-refractivity contribution in [1.29, 1.82) is 0 Å². The summed E-state index contributed by atoms with van der Waals surface area (Å²) in [6, 6.07) is 26.0. The van der Waals surface area contributed by atoms with Crippen LogP contribution in [0.15, 0.2) is 99.0 Å². The van der Waals surface area contributed by atoms with Crippen LogP contribution in [0.4, 0.5) is 5.69 Å². The fraction of sp³-hybridized carbons (Fsp3) is 0.0385. The van der Waals surface area contributed by atoms with Crippen LogP contribution in [0.1, 0.15) is 15.9 Å². The minimum Gasteiger partial charge on any atom is -0.421 e. The highest BCUT2D eigenvalue weighted by molar-refractivity contribution is 9.11. The molecule has 0 aromatic heterocycles. The van der Waals surface area contributed by atoms with E-state index in [-0.39, 0.29) is 12.5 Å². The first-order valence-corrected chi connectivity index (χ1v) is 11.9. The number of esters is 1. The van der Waals surface area contributed by atoms with Gasteiger partial charge in [0.25, 0.3) is 5.91 Å². The molecule has 0 bridgehead atoms. The molecule has 0 fully saturated rings. The molecule has 6 nitrogen and oxygen atoms in total. The lowest BCUT2D eigenvalue weighted by Gasteiger charge is -2.11. The summed E-state index contributed by atoms with van der Waals surface area (Å²) in [5.41, 5.74) is 4.29. The number of hydrogen-bond acceptors (Lipinski definition) is 5. The predicted molar refractivity (Wildman–Crippen MR) is 141 cm³/mol. The first kappa shape index (κ1) is 23.7. The number of ether oxygens (including phenoxy) is 1. The van der Waals surface area contributed by atoms with Crippen LogP contribution in [-0.2, 0) is 4.79 Å². The van der Waals surface area contributed by atoms with Crippen molar-refractivity contribution in [2.24, 2.45) is 5.10 Å². The Hall–Kier alpha value is -3.49. The van der Waals surface area contributed by atoms with E-state index in [0.29, 0.717) is 21.3 Å². The summed E-state index contributed by atoms with van der Waals surface area (Å²) in [5, 5.41) is 9.30. The standard InChI is InChI=1S/C26H19Br2N3O3/c27-20-13-19(25(22(28)14-20)34-26(33)18-8-2-1-3-9-18)15-30-31-24(32)16-29-23-12-6-10-17-7-4-5-11-21(17)23/h1-15,29H,16H2,(H,31,32). The molecule has 170 valence electrons. The third kappa shape index (κ3) is 5.89. The summed E-state index contributed by atoms with van der Waals surface area (Å²) in [7, 11) is 0. The second-order valence-corrected chi connectivity index (χ2v) is 9.00. The first-order chi connectivity index (χ1) is 16.5.